The maximum atomic E-state index is 9.57. The van der Waals surface area contributed by atoms with Crippen molar-refractivity contribution in [1.29, 1.82) is 5.26 Å². The number of hydrogen-bond donors (Lipinski definition) is 0. The van der Waals surface area contributed by atoms with Crippen LogP contribution in [-0.4, -0.2) is 19.9 Å². The molecule has 8 aromatic carbocycles. The summed E-state index contributed by atoms with van der Waals surface area (Å²) in [4.78, 5) is 23.2. The Morgan fingerprint density at radius 2 is 0.828 bits per heavy atom. The molecule has 64 heavy (non-hydrogen) atoms. The molecule has 11 rings (SSSR count). The van der Waals surface area contributed by atoms with Gasteiger partial charge in [-0.25, -0.2) is 19.9 Å². The van der Waals surface area contributed by atoms with E-state index in [4.69, 9.17) is 24.7 Å². The molecular weight excluding hydrogens is 803 g/mol. The van der Waals surface area contributed by atoms with E-state index in [2.05, 4.69) is 103 Å². The summed E-state index contributed by atoms with van der Waals surface area (Å²) in [5, 5.41) is 9.57. The Hall–Kier alpha value is -8.44. The fourth-order valence-electron chi connectivity index (χ4n) is 8.04. The highest BCUT2D eigenvalue weighted by atomic mass is 32.2. The summed E-state index contributed by atoms with van der Waals surface area (Å²) in [6.07, 6.45) is 0. The molecule has 6 nitrogen and oxygen atoms in total. The molecule has 1 aliphatic heterocycles. The van der Waals surface area contributed by atoms with Crippen molar-refractivity contribution >= 4 is 11.8 Å². The van der Waals surface area contributed by atoms with Crippen molar-refractivity contribution in [3.05, 3.63) is 218 Å². The number of benzene rings is 8. The van der Waals surface area contributed by atoms with Crippen LogP contribution in [0, 0.1) is 11.3 Å². The fraction of sp³-hybridized carbons (Fsp3) is 0. The second kappa shape index (κ2) is 16.8. The number of fused-ring (bicyclic) bond motifs is 2. The van der Waals surface area contributed by atoms with Crippen LogP contribution >= 0.6 is 11.8 Å². The number of ether oxygens (including phenoxy) is 1. The van der Waals surface area contributed by atoms with Gasteiger partial charge in [0.25, 0.3) is 0 Å². The van der Waals surface area contributed by atoms with Gasteiger partial charge in [0.05, 0.1) is 44.2 Å². The highest BCUT2D eigenvalue weighted by Gasteiger charge is 2.27. The van der Waals surface area contributed by atoms with E-state index in [1.807, 2.05) is 115 Å². The van der Waals surface area contributed by atoms with Crippen LogP contribution in [0.1, 0.15) is 5.56 Å². The third-order valence-corrected chi connectivity index (χ3v) is 12.4. The molecule has 7 heteroatoms. The molecule has 1 aliphatic rings. The summed E-state index contributed by atoms with van der Waals surface area (Å²) in [5.74, 6) is 2.68. The Bertz CT molecular complexity index is 3260. The lowest BCUT2D eigenvalue weighted by molar-refractivity contribution is 0.457. The Morgan fingerprint density at radius 1 is 0.375 bits per heavy atom. The van der Waals surface area contributed by atoms with Crippen molar-refractivity contribution in [3.8, 4) is 108 Å². The monoisotopic (exact) mass is 837 g/mol. The molecule has 0 saturated carbocycles. The highest BCUT2D eigenvalue weighted by Crippen LogP contribution is 2.55. The van der Waals surface area contributed by atoms with Crippen LogP contribution < -0.4 is 4.74 Å². The smallest absolute Gasteiger partial charge is 0.161 e. The van der Waals surface area contributed by atoms with Gasteiger partial charge in [-0.15, -0.1) is 0 Å². The molecular formula is C57H35N5OS. The molecule has 0 unspecified atom stereocenters. The molecule has 3 heterocycles. The van der Waals surface area contributed by atoms with E-state index in [9.17, 15) is 5.26 Å². The van der Waals surface area contributed by atoms with Gasteiger partial charge in [-0.05, 0) is 59.7 Å². The van der Waals surface area contributed by atoms with E-state index in [1.165, 1.54) is 0 Å². The summed E-state index contributed by atoms with van der Waals surface area (Å²) in [7, 11) is 0. The second-order valence-electron chi connectivity index (χ2n) is 15.3. The number of para-hydroxylation sites is 1. The first-order chi connectivity index (χ1) is 31.6. The van der Waals surface area contributed by atoms with E-state index in [0.29, 0.717) is 17.2 Å². The van der Waals surface area contributed by atoms with Crippen LogP contribution in [0.5, 0.6) is 11.5 Å². The molecule has 0 N–H and O–H groups in total. The van der Waals surface area contributed by atoms with Gasteiger partial charge in [0.15, 0.2) is 11.6 Å². The van der Waals surface area contributed by atoms with E-state index in [1.54, 1.807) is 11.8 Å². The molecule has 0 spiro atoms. The van der Waals surface area contributed by atoms with Crippen molar-refractivity contribution < 1.29 is 4.74 Å². The van der Waals surface area contributed by atoms with Gasteiger partial charge >= 0.3 is 0 Å². The molecule has 0 fully saturated rings. The second-order valence-corrected chi connectivity index (χ2v) is 16.4. The van der Waals surface area contributed by atoms with Gasteiger partial charge < -0.3 is 4.74 Å². The third kappa shape index (κ3) is 7.49. The van der Waals surface area contributed by atoms with Gasteiger partial charge in [-0.3, -0.25) is 0 Å². The summed E-state index contributed by atoms with van der Waals surface area (Å²) >= 11 is 1.68. The van der Waals surface area contributed by atoms with Gasteiger partial charge in [0.1, 0.15) is 11.5 Å². The maximum absolute atomic E-state index is 9.57. The summed E-state index contributed by atoms with van der Waals surface area (Å²) in [6.45, 7) is 0. The van der Waals surface area contributed by atoms with Crippen molar-refractivity contribution in [2.24, 2.45) is 0 Å². The van der Waals surface area contributed by atoms with E-state index in [-0.39, 0.29) is 0 Å². The minimum Gasteiger partial charge on any atom is -0.454 e. The molecule has 2 aromatic heterocycles. The van der Waals surface area contributed by atoms with Gasteiger partial charge in [0, 0.05) is 44.5 Å². The lowest BCUT2D eigenvalue weighted by atomic mass is 9.93. The predicted molar refractivity (Wildman–Crippen MR) is 256 cm³/mol. The Kier molecular flexibility index (Phi) is 10.1. The zero-order chi connectivity index (χ0) is 42.8. The first-order valence-corrected chi connectivity index (χ1v) is 21.7. The zero-order valence-corrected chi connectivity index (χ0v) is 35.1. The Balaban J connectivity index is 1.17. The number of aromatic nitrogens is 4. The minimum absolute atomic E-state index is 0.562. The third-order valence-electron chi connectivity index (χ3n) is 11.2. The van der Waals surface area contributed by atoms with Crippen LogP contribution in [0.15, 0.2) is 222 Å². The number of nitrogens with zero attached hydrogens (tertiary/aromatic N) is 5. The van der Waals surface area contributed by atoms with Crippen molar-refractivity contribution in [1.82, 2.24) is 19.9 Å². The maximum Gasteiger partial charge on any atom is 0.161 e. The lowest BCUT2D eigenvalue weighted by Gasteiger charge is -2.25. The molecule has 300 valence electrons. The van der Waals surface area contributed by atoms with Crippen molar-refractivity contribution in [2.45, 2.75) is 9.79 Å². The summed E-state index contributed by atoms with van der Waals surface area (Å²) < 4.78 is 6.85. The average molecular weight is 838 g/mol. The quantitative estimate of drug-likeness (QED) is 0.151. The molecule has 10 aromatic rings. The van der Waals surface area contributed by atoms with Crippen LogP contribution in [0.3, 0.4) is 0 Å². The highest BCUT2D eigenvalue weighted by molar-refractivity contribution is 7.99. The Morgan fingerprint density at radius 3 is 1.36 bits per heavy atom. The molecule has 0 atom stereocenters. The molecule has 0 aliphatic carbocycles. The van der Waals surface area contributed by atoms with Crippen LogP contribution in [0.25, 0.3) is 90.1 Å². The SMILES string of the molecule is N#Cc1ccc(-c2ccc(-c3ccc(-c4nc(-c5ccccc5)cc(-c5ccccc5)n4)cc3-c3nc(-c4ccccc4)cc(-c4ccccc4)n3)c3c2Oc2ccccc2S3)cc1. The molecule has 0 bridgehead atoms. The van der Waals surface area contributed by atoms with Crippen molar-refractivity contribution in [2.75, 3.05) is 0 Å². The van der Waals surface area contributed by atoms with Crippen LogP contribution in [-0.2, 0) is 0 Å². The van der Waals surface area contributed by atoms with Crippen LogP contribution in [0.4, 0.5) is 0 Å². The summed E-state index contributed by atoms with van der Waals surface area (Å²) in [5.41, 5.74) is 13.2. The molecule has 0 amide bonds. The molecule has 0 radical (unpaired) electrons. The van der Waals surface area contributed by atoms with Crippen LogP contribution in [0.2, 0.25) is 0 Å². The lowest BCUT2D eigenvalue weighted by Crippen LogP contribution is -2.02. The summed E-state index contributed by atoms with van der Waals surface area (Å²) in [6, 6.07) is 73.7. The first kappa shape index (κ1) is 38.5. The van der Waals surface area contributed by atoms with E-state index in [0.717, 1.165) is 99.7 Å². The van der Waals surface area contributed by atoms with Gasteiger partial charge in [0.2, 0.25) is 0 Å². The Labute approximate surface area is 375 Å². The standard InChI is InChI=1S/C57H35N5OS/c58-36-37-25-27-38(28-26-37)44-31-32-46(55-54(44)63-52-23-13-14-24-53(52)64-55)45-30-29-43(56-59-48(39-15-5-1-6-16-39)34-49(60-56)40-17-7-2-8-18-40)33-47(45)57-61-50(41-19-9-3-10-20-41)35-51(62-57)42-21-11-4-12-22-42/h1-35H. The van der Waals surface area contributed by atoms with E-state index < -0.39 is 0 Å². The van der Waals surface area contributed by atoms with E-state index >= 15 is 0 Å². The normalized spacial score (nSPS) is 11.5. The number of nitriles is 1. The van der Waals surface area contributed by atoms with Gasteiger partial charge in [-0.1, -0.05) is 176 Å². The zero-order valence-electron chi connectivity index (χ0n) is 34.3. The fourth-order valence-corrected chi connectivity index (χ4v) is 9.15. The van der Waals surface area contributed by atoms with Crippen molar-refractivity contribution in [3.63, 3.8) is 0 Å². The number of rotatable bonds is 8. The molecule has 0 saturated heterocycles. The first-order valence-electron chi connectivity index (χ1n) is 20.9. The average Bonchev–Trinajstić information content (AvgIpc) is 3.38. The largest absolute Gasteiger partial charge is 0.454 e. The van der Waals surface area contributed by atoms with Gasteiger partial charge in [-0.2, -0.15) is 5.26 Å². The minimum atomic E-state index is 0.562. The number of hydrogen-bond acceptors (Lipinski definition) is 7. The topological polar surface area (TPSA) is 84.6 Å². The predicted octanol–water partition coefficient (Wildman–Crippen LogP) is 14.7.